The zero-order valence-corrected chi connectivity index (χ0v) is 19.2. The fourth-order valence-corrected chi connectivity index (χ4v) is 4.57. The average molecular weight is 471 g/mol. The molecule has 0 aromatic heterocycles. The molecule has 1 aliphatic rings. The van der Waals surface area contributed by atoms with Crippen LogP contribution in [-0.2, 0) is 11.3 Å². The van der Waals surface area contributed by atoms with Crippen molar-refractivity contribution in [2.45, 2.75) is 45.1 Å². The first-order chi connectivity index (χ1) is 16.5. The maximum absolute atomic E-state index is 14.6. The minimum Gasteiger partial charge on any atom is -0.508 e. The Morgan fingerprint density at radius 3 is 2.29 bits per heavy atom. The zero-order valence-electron chi connectivity index (χ0n) is 19.2. The van der Waals surface area contributed by atoms with Crippen molar-refractivity contribution >= 4 is 0 Å². The van der Waals surface area contributed by atoms with E-state index < -0.39 is 11.6 Å². The first kappa shape index (κ1) is 24.1. The van der Waals surface area contributed by atoms with Crippen LogP contribution in [-0.4, -0.2) is 18.3 Å². The molecule has 0 radical (unpaired) electrons. The van der Waals surface area contributed by atoms with Gasteiger partial charge in [0.2, 0.25) is 5.82 Å². The van der Waals surface area contributed by atoms with E-state index in [4.69, 9.17) is 9.47 Å². The molecular formula is C28H29F3O3. The lowest BCUT2D eigenvalue weighted by molar-refractivity contribution is 0.134. The highest BCUT2D eigenvalue weighted by molar-refractivity contribution is 5.66. The molecule has 0 amide bonds. The van der Waals surface area contributed by atoms with Crippen LogP contribution < -0.4 is 4.74 Å². The standard InChI is InChI=1S/C28H29F3O3/c1-2-33-16-19-5-12-23(25(29)15-19)20-6-3-18(4-7-20)17-34-26-14-13-24(27(30)28(26)31)21-8-10-22(32)11-9-21/h5,8-15,18,20,32H,2-4,6-7,16-17H2,1H3. The van der Waals surface area contributed by atoms with Gasteiger partial charge in [-0.25, -0.2) is 8.78 Å². The highest BCUT2D eigenvalue weighted by Crippen LogP contribution is 2.38. The van der Waals surface area contributed by atoms with E-state index in [1.807, 2.05) is 19.1 Å². The lowest BCUT2D eigenvalue weighted by atomic mass is 9.78. The number of phenols is 1. The molecule has 180 valence electrons. The Kier molecular flexibility index (Phi) is 7.78. The Morgan fingerprint density at radius 1 is 0.882 bits per heavy atom. The molecule has 0 saturated heterocycles. The van der Waals surface area contributed by atoms with Gasteiger partial charge in [0.25, 0.3) is 0 Å². The van der Waals surface area contributed by atoms with Crippen LogP contribution in [0.25, 0.3) is 11.1 Å². The first-order valence-electron chi connectivity index (χ1n) is 11.7. The van der Waals surface area contributed by atoms with Gasteiger partial charge in [0.05, 0.1) is 13.2 Å². The molecule has 0 bridgehead atoms. The van der Waals surface area contributed by atoms with Crippen molar-refractivity contribution in [2.75, 3.05) is 13.2 Å². The Labute approximate surface area is 198 Å². The largest absolute Gasteiger partial charge is 0.508 e. The molecule has 3 nitrogen and oxygen atoms in total. The summed E-state index contributed by atoms with van der Waals surface area (Å²) in [7, 11) is 0. The number of halogens is 3. The van der Waals surface area contributed by atoms with Gasteiger partial charge < -0.3 is 14.6 Å². The Morgan fingerprint density at radius 2 is 1.62 bits per heavy atom. The van der Waals surface area contributed by atoms with E-state index in [1.165, 1.54) is 36.4 Å². The van der Waals surface area contributed by atoms with Gasteiger partial charge in [-0.2, -0.15) is 4.39 Å². The van der Waals surface area contributed by atoms with Gasteiger partial charge in [-0.05, 0) is 91.5 Å². The van der Waals surface area contributed by atoms with E-state index in [0.717, 1.165) is 36.8 Å². The lowest BCUT2D eigenvalue weighted by Gasteiger charge is -2.29. The molecule has 6 heteroatoms. The third-order valence-corrected chi connectivity index (χ3v) is 6.52. The van der Waals surface area contributed by atoms with Crippen molar-refractivity contribution in [1.29, 1.82) is 0 Å². The van der Waals surface area contributed by atoms with E-state index in [9.17, 15) is 18.3 Å². The number of rotatable bonds is 8. The summed E-state index contributed by atoms with van der Waals surface area (Å²) in [6.07, 6.45) is 3.32. The summed E-state index contributed by atoms with van der Waals surface area (Å²) < 4.78 is 54.9. The van der Waals surface area contributed by atoms with Gasteiger partial charge in [-0.3, -0.25) is 0 Å². The summed E-state index contributed by atoms with van der Waals surface area (Å²) in [6.45, 7) is 3.20. The number of benzene rings is 3. The van der Waals surface area contributed by atoms with Gasteiger partial charge in [0, 0.05) is 12.2 Å². The molecule has 0 spiro atoms. The van der Waals surface area contributed by atoms with Gasteiger partial charge in [0.15, 0.2) is 11.6 Å². The Bertz CT molecular complexity index is 1110. The van der Waals surface area contributed by atoms with Crippen LogP contribution in [0.2, 0.25) is 0 Å². The number of hydrogen-bond donors (Lipinski definition) is 1. The molecule has 4 rings (SSSR count). The van der Waals surface area contributed by atoms with Crippen LogP contribution in [0.3, 0.4) is 0 Å². The molecule has 0 unspecified atom stereocenters. The van der Waals surface area contributed by atoms with E-state index >= 15 is 0 Å². The maximum Gasteiger partial charge on any atom is 0.201 e. The molecule has 1 N–H and O–H groups in total. The van der Waals surface area contributed by atoms with Crippen molar-refractivity contribution in [3.8, 4) is 22.6 Å². The summed E-state index contributed by atoms with van der Waals surface area (Å²) >= 11 is 0. The summed E-state index contributed by atoms with van der Waals surface area (Å²) in [5, 5.41) is 9.39. The number of ether oxygens (including phenoxy) is 2. The van der Waals surface area contributed by atoms with E-state index in [0.29, 0.717) is 18.8 Å². The minimum atomic E-state index is -1.02. The smallest absolute Gasteiger partial charge is 0.201 e. The minimum absolute atomic E-state index is 0.0561. The summed E-state index contributed by atoms with van der Waals surface area (Å²) in [6, 6.07) is 14.2. The van der Waals surface area contributed by atoms with Crippen molar-refractivity contribution in [1.82, 2.24) is 0 Å². The molecule has 3 aromatic rings. The SMILES string of the molecule is CCOCc1ccc(C2CCC(COc3ccc(-c4ccc(O)cc4)c(F)c3F)CC2)c(F)c1. The monoisotopic (exact) mass is 470 g/mol. The molecule has 0 aliphatic heterocycles. The fraction of sp³-hybridized carbons (Fsp3) is 0.357. The highest BCUT2D eigenvalue weighted by atomic mass is 19.2. The van der Waals surface area contributed by atoms with Crippen LogP contribution >= 0.6 is 0 Å². The molecule has 1 aliphatic carbocycles. The van der Waals surface area contributed by atoms with E-state index in [2.05, 4.69) is 0 Å². The van der Waals surface area contributed by atoms with Crippen LogP contribution in [0.4, 0.5) is 13.2 Å². The topological polar surface area (TPSA) is 38.7 Å². The Balaban J connectivity index is 1.33. The van der Waals surface area contributed by atoms with Gasteiger partial charge in [-0.1, -0.05) is 24.3 Å². The molecule has 3 aromatic carbocycles. The number of hydrogen-bond acceptors (Lipinski definition) is 3. The number of phenolic OH excluding ortho intramolecular Hbond substituents is 1. The van der Waals surface area contributed by atoms with Gasteiger partial charge >= 0.3 is 0 Å². The van der Waals surface area contributed by atoms with Gasteiger partial charge in [0.1, 0.15) is 11.6 Å². The molecule has 1 fully saturated rings. The van der Waals surface area contributed by atoms with Crippen molar-refractivity contribution in [3.05, 3.63) is 83.2 Å². The third kappa shape index (κ3) is 5.55. The third-order valence-electron chi connectivity index (χ3n) is 6.52. The van der Waals surface area contributed by atoms with Crippen molar-refractivity contribution in [2.24, 2.45) is 5.92 Å². The lowest BCUT2D eigenvalue weighted by Crippen LogP contribution is -2.20. The summed E-state index contributed by atoms with van der Waals surface area (Å²) in [5.74, 6) is -1.89. The number of aromatic hydroxyl groups is 1. The molecule has 0 atom stereocenters. The van der Waals surface area contributed by atoms with Crippen LogP contribution in [0, 0.1) is 23.4 Å². The highest BCUT2D eigenvalue weighted by Gasteiger charge is 2.25. The van der Waals surface area contributed by atoms with Crippen molar-refractivity contribution in [3.63, 3.8) is 0 Å². The molecule has 0 heterocycles. The second kappa shape index (κ2) is 11.0. The second-order valence-electron chi connectivity index (χ2n) is 8.81. The summed E-state index contributed by atoms with van der Waals surface area (Å²) in [5.41, 5.74) is 2.14. The van der Waals surface area contributed by atoms with Crippen LogP contribution in [0.5, 0.6) is 11.5 Å². The zero-order chi connectivity index (χ0) is 24.1. The van der Waals surface area contributed by atoms with Crippen LogP contribution in [0.15, 0.2) is 54.6 Å². The predicted molar refractivity (Wildman–Crippen MR) is 125 cm³/mol. The Hall–Kier alpha value is -2.99. The summed E-state index contributed by atoms with van der Waals surface area (Å²) in [4.78, 5) is 0. The van der Waals surface area contributed by atoms with Crippen molar-refractivity contribution < 1.29 is 27.8 Å². The van der Waals surface area contributed by atoms with Crippen LogP contribution in [0.1, 0.15) is 49.7 Å². The van der Waals surface area contributed by atoms with Gasteiger partial charge in [-0.15, -0.1) is 0 Å². The fourth-order valence-electron chi connectivity index (χ4n) is 4.57. The first-order valence-corrected chi connectivity index (χ1v) is 11.7. The maximum atomic E-state index is 14.6. The van der Waals surface area contributed by atoms with E-state index in [1.54, 1.807) is 6.07 Å². The van der Waals surface area contributed by atoms with E-state index in [-0.39, 0.29) is 41.3 Å². The molecule has 34 heavy (non-hydrogen) atoms. The molecular weight excluding hydrogens is 441 g/mol. The quantitative estimate of drug-likeness (QED) is 0.374. The second-order valence-corrected chi connectivity index (χ2v) is 8.81. The predicted octanol–water partition coefficient (Wildman–Crippen LogP) is 7.37. The average Bonchev–Trinajstić information content (AvgIpc) is 2.85. The molecule has 1 saturated carbocycles. The normalized spacial score (nSPS) is 18.1.